The molecular weight excluding hydrogens is 333 g/mol. The molecule has 3 aromatic rings. The molecule has 2 aromatic carbocycles. The summed E-state index contributed by atoms with van der Waals surface area (Å²) in [5, 5.41) is 3.30. The molecule has 1 atom stereocenters. The van der Waals surface area contributed by atoms with Crippen LogP contribution in [0.15, 0.2) is 47.3 Å². The maximum Gasteiger partial charge on any atom is 0.287 e. The minimum absolute atomic E-state index is 0.0937. The lowest BCUT2D eigenvalue weighted by Gasteiger charge is -2.15. The molecule has 0 unspecified atom stereocenters. The first-order valence-electron chi connectivity index (χ1n) is 7.20. The summed E-state index contributed by atoms with van der Waals surface area (Å²) in [6, 6.07) is 10.2. The molecule has 0 aliphatic rings. The number of amides is 1. The van der Waals surface area contributed by atoms with Gasteiger partial charge < -0.3 is 10.3 Å². The smallest absolute Gasteiger partial charge is 0.287 e. The molecule has 0 fully saturated rings. The third-order valence-corrected chi connectivity index (χ3v) is 3.93. The molecule has 3 rings (SSSR count). The summed E-state index contributed by atoms with van der Waals surface area (Å²) in [5.74, 6) is -1.10. The highest BCUT2D eigenvalue weighted by atomic mass is 35.5. The van der Waals surface area contributed by atoms with Crippen LogP contribution in [-0.2, 0) is 0 Å². The number of fused-ring (bicyclic) bond motifs is 1. The molecule has 0 saturated heterocycles. The zero-order valence-corrected chi connectivity index (χ0v) is 13.4. The van der Waals surface area contributed by atoms with E-state index in [0.717, 1.165) is 0 Å². The molecule has 0 aliphatic carbocycles. The lowest BCUT2D eigenvalue weighted by Crippen LogP contribution is -2.30. The fourth-order valence-electron chi connectivity index (χ4n) is 2.39. The average Bonchev–Trinajstić information content (AvgIpc) is 2.54. The maximum atomic E-state index is 13.1. The van der Waals surface area contributed by atoms with Crippen molar-refractivity contribution in [3.05, 3.63) is 75.0 Å². The van der Waals surface area contributed by atoms with Gasteiger partial charge in [-0.05, 0) is 36.8 Å². The number of aromatic nitrogens is 2. The van der Waals surface area contributed by atoms with Crippen molar-refractivity contribution >= 4 is 28.4 Å². The summed E-state index contributed by atoms with van der Waals surface area (Å²) < 4.78 is 13.1. The van der Waals surface area contributed by atoms with Crippen molar-refractivity contribution in [2.75, 3.05) is 0 Å². The predicted molar refractivity (Wildman–Crippen MR) is 89.7 cm³/mol. The number of nitrogens with one attached hydrogen (secondary N) is 2. The Bertz CT molecular complexity index is 987. The topological polar surface area (TPSA) is 74.8 Å². The second kappa shape index (κ2) is 6.41. The number of para-hydroxylation sites is 1. The number of rotatable bonds is 3. The molecule has 24 heavy (non-hydrogen) atoms. The van der Waals surface area contributed by atoms with Crippen molar-refractivity contribution in [1.82, 2.24) is 15.3 Å². The summed E-state index contributed by atoms with van der Waals surface area (Å²) in [7, 11) is 0. The Morgan fingerprint density at radius 1 is 1.29 bits per heavy atom. The van der Waals surface area contributed by atoms with Crippen molar-refractivity contribution in [1.29, 1.82) is 0 Å². The Balaban J connectivity index is 1.88. The van der Waals surface area contributed by atoms with E-state index in [0.29, 0.717) is 16.5 Å². The van der Waals surface area contributed by atoms with Crippen LogP contribution >= 0.6 is 11.6 Å². The first-order valence-corrected chi connectivity index (χ1v) is 7.58. The van der Waals surface area contributed by atoms with Crippen molar-refractivity contribution in [2.45, 2.75) is 13.0 Å². The summed E-state index contributed by atoms with van der Waals surface area (Å²) in [5.41, 5.74) is 0.603. The van der Waals surface area contributed by atoms with Gasteiger partial charge in [-0.1, -0.05) is 29.8 Å². The van der Waals surface area contributed by atoms with E-state index in [-0.39, 0.29) is 10.8 Å². The van der Waals surface area contributed by atoms with Crippen molar-refractivity contribution < 1.29 is 9.18 Å². The van der Waals surface area contributed by atoms with E-state index < -0.39 is 23.3 Å². The summed E-state index contributed by atoms with van der Waals surface area (Å²) >= 11 is 5.99. The van der Waals surface area contributed by atoms with Crippen LogP contribution in [0.5, 0.6) is 0 Å². The van der Waals surface area contributed by atoms with Gasteiger partial charge in [-0.15, -0.1) is 0 Å². The predicted octanol–water partition coefficient (Wildman–Crippen LogP) is 3.21. The van der Waals surface area contributed by atoms with Gasteiger partial charge in [-0.3, -0.25) is 9.59 Å². The van der Waals surface area contributed by atoms with Crippen LogP contribution in [0.25, 0.3) is 10.9 Å². The van der Waals surface area contributed by atoms with Crippen molar-refractivity contribution in [3.8, 4) is 0 Å². The van der Waals surface area contributed by atoms with E-state index in [4.69, 9.17) is 11.6 Å². The fraction of sp³-hybridized carbons (Fsp3) is 0.118. The SMILES string of the molecule is C[C@H](NC(=O)c1nc2ccccc2c(=O)[nH]1)c1ccc(F)cc1Cl. The molecule has 2 N–H and O–H groups in total. The van der Waals surface area contributed by atoms with Crippen LogP contribution in [0, 0.1) is 5.82 Å². The van der Waals surface area contributed by atoms with Crippen LogP contribution in [0.3, 0.4) is 0 Å². The van der Waals surface area contributed by atoms with Crippen LogP contribution < -0.4 is 10.9 Å². The van der Waals surface area contributed by atoms with E-state index in [1.54, 1.807) is 31.2 Å². The van der Waals surface area contributed by atoms with E-state index in [9.17, 15) is 14.0 Å². The zero-order valence-electron chi connectivity index (χ0n) is 12.6. The lowest BCUT2D eigenvalue weighted by molar-refractivity contribution is 0.0929. The quantitative estimate of drug-likeness (QED) is 0.765. The van der Waals surface area contributed by atoms with Crippen molar-refractivity contribution in [2.24, 2.45) is 0 Å². The molecule has 0 saturated carbocycles. The van der Waals surface area contributed by atoms with E-state index >= 15 is 0 Å². The van der Waals surface area contributed by atoms with E-state index in [2.05, 4.69) is 15.3 Å². The Labute approximate surface area is 141 Å². The zero-order chi connectivity index (χ0) is 17.3. The molecular formula is C17H13ClFN3O2. The Hall–Kier alpha value is -2.73. The molecule has 5 nitrogen and oxygen atoms in total. The van der Waals surface area contributed by atoms with Gasteiger partial charge in [0.15, 0.2) is 5.82 Å². The molecule has 1 heterocycles. The molecule has 0 bridgehead atoms. The molecule has 1 aromatic heterocycles. The van der Waals surface area contributed by atoms with Gasteiger partial charge in [0.1, 0.15) is 5.82 Å². The average molecular weight is 346 g/mol. The van der Waals surface area contributed by atoms with Crippen LogP contribution in [0.1, 0.15) is 29.1 Å². The van der Waals surface area contributed by atoms with Gasteiger partial charge in [0.05, 0.1) is 16.9 Å². The van der Waals surface area contributed by atoms with E-state index in [1.807, 2.05) is 0 Å². The third-order valence-electron chi connectivity index (χ3n) is 3.60. The highest BCUT2D eigenvalue weighted by Gasteiger charge is 2.17. The number of H-pyrrole nitrogens is 1. The lowest BCUT2D eigenvalue weighted by atomic mass is 10.1. The number of benzene rings is 2. The first kappa shape index (κ1) is 16.1. The van der Waals surface area contributed by atoms with Gasteiger partial charge in [0.25, 0.3) is 11.5 Å². The third kappa shape index (κ3) is 3.14. The molecule has 0 spiro atoms. The van der Waals surface area contributed by atoms with Gasteiger partial charge in [0, 0.05) is 5.02 Å². The largest absolute Gasteiger partial charge is 0.343 e. The molecule has 7 heteroatoms. The van der Waals surface area contributed by atoms with Crippen LogP contribution in [0.4, 0.5) is 4.39 Å². The minimum Gasteiger partial charge on any atom is -0.343 e. The number of carbonyl (C=O) groups excluding carboxylic acids is 1. The molecule has 122 valence electrons. The standard InChI is InChI=1S/C17H13ClFN3O2/c1-9(11-7-6-10(19)8-13(11)18)20-17(24)15-21-14-5-3-2-4-12(14)16(23)22-15/h2-9H,1H3,(H,20,24)(H,21,22,23)/t9-/m0/s1. The second-order valence-electron chi connectivity index (χ2n) is 5.29. The number of aromatic amines is 1. The highest BCUT2D eigenvalue weighted by Crippen LogP contribution is 2.23. The minimum atomic E-state index is -0.550. The normalized spacial score (nSPS) is 12.1. The van der Waals surface area contributed by atoms with Gasteiger partial charge in [-0.2, -0.15) is 0 Å². The Morgan fingerprint density at radius 2 is 2.04 bits per heavy atom. The Kier molecular flexibility index (Phi) is 4.31. The highest BCUT2D eigenvalue weighted by molar-refractivity contribution is 6.31. The van der Waals surface area contributed by atoms with Crippen molar-refractivity contribution in [3.63, 3.8) is 0 Å². The van der Waals surface area contributed by atoms with Gasteiger partial charge >= 0.3 is 0 Å². The summed E-state index contributed by atoms with van der Waals surface area (Å²) in [6.07, 6.45) is 0. The van der Waals surface area contributed by atoms with E-state index in [1.165, 1.54) is 18.2 Å². The number of hydrogen-bond acceptors (Lipinski definition) is 3. The molecule has 1 amide bonds. The number of hydrogen-bond donors (Lipinski definition) is 2. The monoisotopic (exact) mass is 345 g/mol. The van der Waals surface area contributed by atoms with Crippen LogP contribution in [-0.4, -0.2) is 15.9 Å². The number of carbonyl (C=O) groups is 1. The number of halogens is 2. The first-order chi connectivity index (χ1) is 11.5. The maximum absolute atomic E-state index is 13.1. The fourth-order valence-corrected chi connectivity index (χ4v) is 2.72. The number of nitrogens with zero attached hydrogens (tertiary/aromatic N) is 1. The van der Waals surface area contributed by atoms with Crippen LogP contribution in [0.2, 0.25) is 5.02 Å². The Morgan fingerprint density at radius 3 is 2.79 bits per heavy atom. The second-order valence-corrected chi connectivity index (χ2v) is 5.70. The summed E-state index contributed by atoms with van der Waals surface area (Å²) in [4.78, 5) is 31.0. The van der Waals surface area contributed by atoms with Gasteiger partial charge in [-0.25, -0.2) is 9.37 Å². The summed E-state index contributed by atoms with van der Waals surface area (Å²) in [6.45, 7) is 1.70. The molecule has 0 aliphatic heterocycles. The van der Waals surface area contributed by atoms with Gasteiger partial charge in [0.2, 0.25) is 0 Å². The molecule has 0 radical (unpaired) electrons.